The van der Waals surface area contributed by atoms with Gasteiger partial charge in [0.25, 0.3) is 0 Å². The highest BCUT2D eigenvalue weighted by Crippen LogP contribution is 2.27. The zero-order valence-electron chi connectivity index (χ0n) is 11.3. The molecule has 1 aliphatic heterocycles. The number of rotatable bonds is 5. The number of esters is 1. The summed E-state index contributed by atoms with van der Waals surface area (Å²) in [6.07, 6.45) is 1.30. The lowest BCUT2D eigenvalue weighted by Crippen LogP contribution is -2.31. The third kappa shape index (κ3) is 3.78. The first-order valence-electron chi connectivity index (χ1n) is 6.68. The van der Waals surface area contributed by atoms with Crippen molar-refractivity contribution in [2.45, 2.75) is 25.4 Å². The Morgan fingerprint density at radius 2 is 2.16 bits per heavy atom. The van der Waals surface area contributed by atoms with Gasteiger partial charge in [0.1, 0.15) is 0 Å². The SMILES string of the molecule is COC(=O)C[C@H]1C[C@@H](CO)N(Cc2ccccc2)C1. The van der Waals surface area contributed by atoms with Crippen molar-refractivity contribution >= 4 is 5.97 Å². The summed E-state index contributed by atoms with van der Waals surface area (Å²) >= 11 is 0. The second-order valence-corrected chi connectivity index (χ2v) is 5.13. The van der Waals surface area contributed by atoms with Crippen LogP contribution in [0.5, 0.6) is 0 Å². The molecular formula is C15H21NO3. The fourth-order valence-electron chi connectivity index (χ4n) is 2.76. The van der Waals surface area contributed by atoms with Gasteiger partial charge in [-0.25, -0.2) is 0 Å². The minimum Gasteiger partial charge on any atom is -0.469 e. The Kier molecular flexibility index (Phi) is 4.93. The van der Waals surface area contributed by atoms with Gasteiger partial charge in [-0.05, 0) is 17.9 Å². The van der Waals surface area contributed by atoms with Crippen molar-refractivity contribution in [3.63, 3.8) is 0 Å². The van der Waals surface area contributed by atoms with Crippen LogP contribution in [-0.2, 0) is 16.1 Å². The second kappa shape index (κ2) is 6.68. The van der Waals surface area contributed by atoms with Gasteiger partial charge in [-0.2, -0.15) is 0 Å². The van der Waals surface area contributed by atoms with Crippen LogP contribution in [0.25, 0.3) is 0 Å². The van der Waals surface area contributed by atoms with Gasteiger partial charge in [0.15, 0.2) is 0 Å². The Morgan fingerprint density at radius 1 is 1.42 bits per heavy atom. The van der Waals surface area contributed by atoms with Gasteiger partial charge < -0.3 is 9.84 Å². The standard InChI is InChI=1S/C15H21NO3/c1-19-15(18)8-13-7-14(11-17)16(10-13)9-12-5-3-2-4-6-12/h2-6,13-14,17H,7-11H2,1H3/t13-,14+/m1/s1. The van der Waals surface area contributed by atoms with Crippen molar-refractivity contribution in [2.24, 2.45) is 5.92 Å². The van der Waals surface area contributed by atoms with Crippen LogP contribution in [0.3, 0.4) is 0 Å². The van der Waals surface area contributed by atoms with Crippen LogP contribution in [0, 0.1) is 5.92 Å². The monoisotopic (exact) mass is 263 g/mol. The lowest BCUT2D eigenvalue weighted by Gasteiger charge is -2.22. The van der Waals surface area contributed by atoms with E-state index in [2.05, 4.69) is 17.0 Å². The molecule has 1 saturated heterocycles. The average Bonchev–Trinajstić information content (AvgIpc) is 2.81. The van der Waals surface area contributed by atoms with Crippen molar-refractivity contribution < 1.29 is 14.6 Å². The lowest BCUT2D eigenvalue weighted by atomic mass is 10.0. The summed E-state index contributed by atoms with van der Waals surface area (Å²) in [5.74, 6) is 0.122. The molecule has 104 valence electrons. The van der Waals surface area contributed by atoms with Crippen LogP contribution >= 0.6 is 0 Å². The number of aliphatic hydroxyl groups is 1. The van der Waals surface area contributed by atoms with E-state index >= 15 is 0 Å². The normalized spacial score (nSPS) is 23.5. The molecular weight excluding hydrogens is 242 g/mol. The Hall–Kier alpha value is -1.39. The summed E-state index contributed by atoms with van der Waals surface area (Å²) < 4.78 is 4.71. The molecule has 0 radical (unpaired) electrons. The van der Waals surface area contributed by atoms with Gasteiger partial charge in [-0.3, -0.25) is 9.69 Å². The maximum absolute atomic E-state index is 11.3. The Morgan fingerprint density at radius 3 is 2.79 bits per heavy atom. The van der Waals surface area contributed by atoms with E-state index in [9.17, 15) is 9.90 Å². The molecule has 0 aliphatic carbocycles. The number of ether oxygens (including phenoxy) is 1. The van der Waals surface area contributed by atoms with Gasteiger partial charge in [0.05, 0.1) is 13.7 Å². The number of carbonyl (C=O) groups excluding carboxylic acids is 1. The smallest absolute Gasteiger partial charge is 0.305 e. The molecule has 0 unspecified atom stereocenters. The zero-order valence-corrected chi connectivity index (χ0v) is 11.3. The maximum atomic E-state index is 11.3. The van der Waals surface area contributed by atoms with E-state index in [0.717, 1.165) is 19.5 Å². The molecule has 4 heteroatoms. The van der Waals surface area contributed by atoms with Gasteiger partial charge in [-0.15, -0.1) is 0 Å². The van der Waals surface area contributed by atoms with Crippen LogP contribution in [-0.4, -0.2) is 42.3 Å². The Bertz CT molecular complexity index is 407. The highest BCUT2D eigenvalue weighted by Gasteiger charge is 2.32. The topological polar surface area (TPSA) is 49.8 Å². The van der Waals surface area contributed by atoms with Crippen molar-refractivity contribution in [1.82, 2.24) is 4.90 Å². The van der Waals surface area contributed by atoms with E-state index in [-0.39, 0.29) is 24.5 Å². The van der Waals surface area contributed by atoms with Gasteiger partial charge in [0.2, 0.25) is 0 Å². The molecule has 1 aliphatic rings. The summed E-state index contributed by atoms with van der Waals surface area (Å²) in [5, 5.41) is 9.47. The molecule has 0 saturated carbocycles. The van der Waals surface area contributed by atoms with Gasteiger partial charge in [0, 0.05) is 25.6 Å². The Balaban J connectivity index is 1.94. The first-order valence-corrected chi connectivity index (χ1v) is 6.68. The number of aliphatic hydroxyl groups excluding tert-OH is 1. The van der Waals surface area contributed by atoms with Crippen molar-refractivity contribution in [3.05, 3.63) is 35.9 Å². The Labute approximate surface area is 114 Å². The molecule has 1 fully saturated rings. The number of hydrogen-bond donors (Lipinski definition) is 1. The molecule has 1 aromatic rings. The van der Waals surface area contributed by atoms with Crippen LogP contribution in [0.15, 0.2) is 30.3 Å². The lowest BCUT2D eigenvalue weighted by molar-refractivity contribution is -0.141. The first-order chi connectivity index (χ1) is 9.22. The third-order valence-electron chi connectivity index (χ3n) is 3.74. The van der Waals surface area contributed by atoms with Gasteiger partial charge in [-0.1, -0.05) is 30.3 Å². The predicted octanol–water partition coefficient (Wildman–Crippen LogP) is 1.43. The van der Waals surface area contributed by atoms with E-state index in [1.54, 1.807) is 0 Å². The molecule has 2 rings (SSSR count). The van der Waals surface area contributed by atoms with Crippen LogP contribution in [0.1, 0.15) is 18.4 Å². The maximum Gasteiger partial charge on any atom is 0.305 e. The molecule has 19 heavy (non-hydrogen) atoms. The fraction of sp³-hybridized carbons (Fsp3) is 0.533. The number of likely N-dealkylation sites (tertiary alicyclic amines) is 1. The van der Waals surface area contributed by atoms with E-state index < -0.39 is 0 Å². The minimum absolute atomic E-state index is 0.143. The van der Waals surface area contributed by atoms with E-state index in [1.807, 2.05) is 18.2 Å². The molecule has 1 N–H and O–H groups in total. The fourth-order valence-corrected chi connectivity index (χ4v) is 2.76. The van der Waals surface area contributed by atoms with E-state index in [1.165, 1.54) is 12.7 Å². The van der Waals surface area contributed by atoms with Crippen LogP contribution in [0.2, 0.25) is 0 Å². The van der Waals surface area contributed by atoms with Gasteiger partial charge >= 0.3 is 5.97 Å². The quantitative estimate of drug-likeness (QED) is 0.817. The first kappa shape index (κ1) is 14.0. The largest absolute Gasteiger partial charge is 0.469 e. The van der Waals surface area contributed by atoms with E-state index in [0.29, 0.717) is 6.42 Å². The molecule has 0 amide bonds. The molecule has 0 aromatic heterocycles. The highest BCUT2D eigenvalue weighted by molar-refractivity contribution is 5.69. The van der Waals surface area contributed by atoms with Crippen LogP contribution in [0.4, 0.5) is 0 Å². The minimum atomic E-state index is -0.164. The average molecular weight is 263 g/mol. The summed E-state index contributed by atoms with van der Waals surface area (Å²) in [4.78, 5) is 13.6. The predicted molar refractivity (Wildman–Crippen MR) is 72.5 cm³/mol. The van der Waals surface area contributed by atoms with Crippen molar-refractivity contribution in [1.29, 1.82) is 0 Å². The van der Waals surface area contributed by atoms with Crippen molar-refractivity contribution in [2.75, 3.05) is 20.3 Å². The zero-order chi connectivity index (χ0) is 13.7. The number of hydrogen-bond acceptors (Lipinski definition) is 4. The number of carbonyl (C=O) groups is 1. The highest BCUT2D eigenvalue weighted by atomic mass is 16.5. The van der Waals surface area contributed by atoms with Crippen molar-refractivity contribution in [3.8, 4) is 0 Å². The summed E-state index contributed by atoms with van der Waals surface area (Å²) in [6, 6.07) is 10.4. The summed E-state index contributed by atoms with van der Waals surface area (Å²) in [5.41, 5.74) is 1.24. The van der Waals surface area contributed by atoms with Crippen LogP contribution < -0.4 is 0 Å². The summed E-state index contributed by atoms with van der Waals surface area (Å²) in [7, 11) is 1.42. The molecule has 2 atom stereocenters. The molecule has 1 aromatic carbocycles. The summed E-state index contributed by atoms with van der Waals surface area (Å²) in [6.45, 7) is 1.81. The third-order valence-corrected chi connectivity index (χ3v) is 3.74. The molecule has 0 spiro atoms. The number of nitrogens with zero attached hydrogens (tertiary/aromatic N) is 1. The molecule has 0 bridgehead atoms. The number of benzene rings is 1. The molecule has 1 heterocycles. The van der Waals surface area contributed by atoms with E-state index in [4.69, 9.17) is 4.74 Å². The second-order valence-electron chi connectivity index (χ2n) is 5.13. The molecule has 4 nitrogen and oxygen atoms in total. The number of methoxy groups -OCH3 is 1.